The number of rotatable bonds is 6. The smallest absolute Gasteiger partial charge is 0.271 e. The van der Waals surface area contributed by atoms with Crippen LogP contribution in [0.5, 0.6) is 11.5 Å². The van der Waals surface area contributed by atoms with Gasteiger partial charge in [0, 0.05) is 16.8 Å². The minimum Gasteiger partial charge on any atom is -0.503 e. The number of anilines is 1. The summed E-state index contributed by atoms with van der Waals surface area (Å²) in [6, 6.07) is 17.0. The molecule has 3 N–H and O–H groups in total. The second-order valence-electron chi connectivity index (χ2n) is 6.65. The van der Waals surface area contributed by atoms with Crippen molar-refractivity contribution in [2.24, 2.45) is 5.10 Å². The quantitative estimate of drug-likeness (QED) is 0.356. The summed E-state index contributed by atoms with van der Waals surface area (Å²) in [6.45, 7) is 1.92. The van der Waals surface area contributed by atoms with Gasteiger partial charge >= 0.3 is 0 Å². The van der Waals surface area contributed by atoms with Gasteiger partial charge in [-0.05, 0) is 76.9 Å². The molecule has 31 heavy (non-hydrogen) atoms. The van der Waals surface area contributed by atoms with Crippen molar-refractivity contribution < 1.29 is 19.4 Å². The highest BCUT2D eigenvalue weighted by Gasteiger charge is 2.09. The molecule has 0 saturated heterocycles. The van der Waals surface area contributed by atoms with Crippen LogP contribution in [0.25, 0.3) is 0 Å². The average Bonchev–Trinajstić information content (AvgIpc) is 2.76. The fraction of sp³-hybridized carbons (Fsp3) is 0.0870. The van der Waals surface area contributed by atoms with Gasteiger partial charge in [0.15, 0.2) is 11.5 Å². The molecule has 0 bridgehead atoms. The number of ether oxygens (including phenoxy) is 1. The van der Waals surface area contributed by atoms with Gasteiger partial charge in [0.05, 0.1) is 17.8 Å². The molecule has 0 saturated carbocycles. The monoisotopic (exact) mass is 481 g/mol. The van der Waals surface area contributed by atoms with Crippen molar-refractivity contribution in [3.8, 4) is 11.5 Å². The van der Waals surface area contributed by atoms with E-state index in [0.717, 1.165) is 5.56 Å². The lowest BCUT2D eigenvalue weighted by Gasteiger charge is -2.07. The molecule has 0 spiro atoms. The number of hydrazone groups is 1. The van der Waals surface area contributed by atoms with E-state index in [1.165, 1.54) is 13.3 Å². The van der Waals surface area contributed by atoms with Gasteiger partial charge in [0.1, 0.15) is 0 Å². The predicted octanol–water partition coefficient (Wildman–Crippen LogP) is 4.49. The number of aromatic hydroxyl groups is 1. The fourth-order valence-electron chi connectivity index (χ4n) is 2.75. The van der Waals surface area contributed by atoms with E-state index in [4.69, 9.17) is 4.74 Å². The topological polar surface area (TPSA) is 100 Å². The van der Waals surface area contributed by atoms with E-state index in [9.17, 15) is 14.7 Å². The Balaban J connectivity index is 1.61. The SMILES string of the molecule is COc1cc(/C=N/NC(=O)c2ccc(NC(=O)c3cccc(C)c3)cc2)cc(Br)c1O. The highest BCUT2D eigenvalue weighted by Crippen LogP contribution is 2.34. The number of aryl methyl sites for hydroxylation is 1. The Bertz CT molecular complexity index is 1140. The Kier molecular flexibility index (Phi) is 7.04. The van der Waals surface area contributed by atoms with E-state index >= 15 is 0 Å². The van der Waals surface area contributed by atoms with Crippen LogP contribution >= 0.6 is 15.9 Å². The van der Waals surface area contributed by atoms with Crippen LogP contribution in [0.4, 0.5) is 5.69 Å². The van der Waals surface area contributed by atoms with Crippen LogP contribution in [0.1, 0.15) is 31.8 Å². The van der Waals surface area contributed by atoms with E-state index in [0.29, 0.717) is 26.9 Å². The Morgan fingerprint density at radius 2 is 1.77 bits per heavy atom. The molecule has 0 unspecified atom stereocenters. The van der Waals surface area contributed by atoms with Crippen molar-refractivity contribution in [3.05, 3.63) is 87.4 Å². The first-order valence-electron chi connectivity index (χ1n) is 9.25. The molecular weight excluding hydrogens is 462 g/mol. The zero-order valence-electron chi connectivity index (χ0n) is 16.8. The molecular formula is C23H20BrN3O4. The van der Waals surface area contributed by atoms with Gasteiger partial charge in [-0.2, -0.15) is 5.10 Å². The number of carbonyl (C=O) groups is 2. The molecule has 0 atom stereocenters. The van der Waals surface area contributed by atoms with Gasteiger partial charge in [0.25, 0.3) is 11.8 Å². The van der Waals surface area contributed by atoms with Crippen molar-refractivity contribution in [1.29, 1.82) is 0 Å². The minimum atomic E-state index is -0.405. The van der Waals surface area contributed by atoms with Gasteiger partial charge in [-0.15, -0.1) is 0 Å². The van der Waals surface area contributed by atoms with Gasteiger partial charge in [-0.1, -0.05) is 17.7 Å². The number of hydrogen-bond donors (Lipinski definition) is 3. The molecule has 3 rings (SSSR count). The van der Waals surface area contributed by atoms with E-state index in [1.54, 1.807) is 48.5 Å². The summed E-state index contributed by atoms with van der Waals surface area (Å²) in [5, 5.41) is 16.6. The molecule has 0 fully saturated rings. The third kappa shape index (κ3) is 5.70. The van der Waals surface area contributed by atoms with Gasteiger partial charge in [-0.25, -0.2) is 5.43 Å². The summed E-state index contributed by atoms with van der Waals surface area (Å²) in [6.07, 6.45) is 1.43. The first kappa shape index (κ1) is 22.0. The number of phenolic OH excluding ortho intramolecular Hbond substituents is 1. The number of hydrogen-bond acceptors (Lipinski definition) is 5. The zero-order valence-corrected chi connectivity index (χ0v) is 18.4. The van der Waals surface area contributed by atoms with Crippen LogP contribution in [0, 0.1) is 6.92 Å². The van der Waals surface area contributed by atoms with Crippen LogP contribution < -0.4 is 15.5 Å². The molecule has 3 aromatic rings. The molecule has 0 aliphatic rings. The summed E-state index contributed by atoms with van der Waals surface area (Å²) < 4.78 is 5.52. The van der Waals surface area contributed by atoms with Crippen LogP contribution in [-0.4, -0.2) is 30.2 Å². The zero-order chi connectivity index (χ0) is 22.4. The standard InChI is InChI=1S/C23H20BrN3O4/c1-14-4-3-5-17(10-14)22(29)26-18-8-6-16(7-9-18)23(30)27-25-13-15-11-19(24)21(28)20(12-15)31-2/h3-13,28H,1-2H3,(H,26,29)(H,27,30)/b25-13+. The van der Waals surface area contributed by atoms with Crippen LogP contribution in [0.2, 0.25) is 0 Å². The Morgan fingerprint density at radius 3 is 2.45 bits per heavy atom. The second kappa shape index (κ2) is 9.90. The highest BCUT2D eigenvalue weighted by atomic mass is 79.9. The minimum absolute atomic E-state index is 0.0155. The third-order valence-corrected chi connectivity index (χ3v) is 4.94. The van der Waals surface area contributed by atoms with E-state index in [2.05, 4.69) is 31.8 Å². The first-order valence-corrected chi connectivity index (χ1v) is 10.0. The van der Waals surface area contributed by atoms with Crippen molar-refractivity contribution in [3.63, 3.8) is 0 Å². The molecule has 8 heteroatoms. The molecule has 0 heterocycles. The maximum Gasteiger partial charge on any atom is 0.271 e. The molecule has 3 aromatic carbocycles. The maximum atomic E-state index is 12.3. The summed E-state index contributed by atoms with van der Waals surface area (Å²) in [5.74, 6) is -0.359. The molecule has 0 aromatic heterocycles. The number of phenols is 1. The molecule has 7 nitrogen and oxygen atoms in total. The molecule has 0 aliphatic carbocycles. The van der Waals surface area contributed by atoms with Crippen LogP contribution in [0.3, 0.4) is 0 Å². The lowest BCUT2D eigenvalue weighted by atomic mass is 10.1. The van der Waals surface area contributed by atoms with Crippen molar-refractivity contribution in [2.45, 2.75) is 6.92 Å². The van der Waals surface area contributed by atoms with E-state index in [1.807, 2.05) is 19.1 Å². The largest absolute Gasteiger partial charge is 0.503 e. The van der Waals surface area contributed by atoms with Crippen LogP contribution in [0.15, 0.2) is 70.2 Å². The summed E-state index contributed by atoms with van der Waals surface area (Å²) in [7, 11) is 1.44. The molecule has 0 aliphatic heterocycles. The number of methoxy groups -OCH3 is 1. The Labute approximate surface area is 187 Å². The van der Waals surface area contributed by atoms with Gasteiger partial charge in [-0.3, -0.25) is 9.59 Å². The fourth-order valence-corrected chi connectivity index (χ4v) is 3.21. The molecule has 158 valence electrons. The van der Waals surface area contributed by atoms with E-state index in [-0.39, 0.29) is 17.4 Å². The average molecular weight is 482 g/mol. The first-order chi connectivity index (χ1) is 14.9. The van der Waals surface area contributed by atoms with E-state index < -0.39 is 5.91 Å². The second-order valence-corrected chi connectivity index (χ2v) is 7.51. The highest BCUT2D eigenvalue weighted by molar-refractivity contribution is 9.10. The summed E-state index contributed by atoms with van der Waals surface area (Å²) in [5.41, 5.74) is 5.58. The lowest BCUT2D eigenvalue weighted by Crippen LogP contribution is -2.18. The van der Waals surface area contributed by atoms with Crippen molar-refractivity contribution >= 4 is 39.6 Å². The number of nitrogens with zero attached hydrogens (tertiary/aromatic N) is 1. The molecule has 0 radical (unpaired) electrons. The number of carbonyl (C=O) groups excluding carboxylic acids is 2. The van der Waals surface area contributed by atoms with Crippen molar-refractivity contribution in [2.75, 3.05) is 12.4 Å². The van der Waals surface area contributed by atoms with Crippen molar-refractivity contribution in [1.82, 2.24) is 5.43 Å². The Hall–Kier alpha value is -3.65. The normalized spacial score (nSPS) is 10.7. The Morgan fingerprint density at radius 1 is 1.03 bits per heavy atom. The number of nitrogens with one attached hydrogen (secondary N) is 2. The number of halogens is 1. The molecule has 2 amide bonds. The summed E-state index contributed by atoms with van der Waals surface area (Å²) >= 11 is 3.23. The van der Waals surface area contributed by atoms with Gasteiger partial charge in [0.2, 0.25) is 0 Å². The predicted molar refractivity (Wildman–Crippen MR) is 123 cm³/mol. The summed E-state index contributed by atoms with van der Waals surface area (Å²) in [4.78, 5) is 24.6. The number of benzene rings is 3. The van der Waals surface area contributed by atoms with Gasteiger partial charge < -0.3 is 15.2 Å². The maximum absolute atomic E-state index is 12.3. The number of amides is 2. The lowest BCUT2D eigenvalue weighted by molar-refractivity contribution is 0.0954. The van der Waals surface area contributed by atoms with Crippen LogP contribution in [-0.2, 0) is 0 Å². The third-order valence-electron chi connectivity index (χ3n) is 4.34.